The Morgan fingerprint density at radius 1 is 1.00 bits per heavy atom. The normalized spacial score (nSPS) is 10.8. The van der Waals surface area contributed by atoms with Crippen LogP contribution in [0.1, 0.15) is 27.0 Å². The maximum atomic E-state index is 12.8. The van der Waals surface area contributed by atoms with Crippen molar-refractivity contribution in [2.45, 2.75) is 20.4 Å². The van der Waals surface area contributed by atoms with Crippen LogP contribution in [0.4, 0.5) is 5.95 Å². The van der Waals surface area contributed by atoms with E-state index in [9.17, 15) is 9.59 Å². The van der Waals surface area contributed by atoms with Gasteiger partial charge in [0.2, 0.25) is 5.95 Å². The summed E-state index contributed by atoms with van der Waals surface area (Å²) in [5, 5.41) is 2.89. The first-order chi connectivity index (χ1) is 14.9. The van der Waals surface area contributed by atoms with Crippen molar-refractivity contribution in [3.63, 3.8) is 0 Å². The van der Waals surface area contributed by atoms with Crippen molar-refractivity contribution >= 4 is 11.9 Å². The van der Waals surface area contributed by atoms with E-state index in [1.807, 2.05) is 29.8 Å². The molecule has 6 nitrogen and oxygen atoms in total. The number of imidazole rings is 1. The molecule has 0 unspecified atom stereocenters. The Balaban J connectivity index is 1.54. The van der Waals surface area contributed by atoms with Crippen molar-refractivity contribution in [3.8, 4) is 11.3 Å². The smallest absolute Gasteiger partial charge is 0.257 e. The van der Waals surface area contributed by atoms with E-state index in [0.717, 1.165) is 16.8 Å². The predicted octanol–water partition coefficient (Wildman–Crippen LogP) is 4.17. The Morgan fingerprint density at radius 2 is 1.84 bits per heavy atom. The van der Waals surface area contributed by atoms with Gasteiger partial charge in [0.15, 0.2) is 0 Å². The zero-order valence-electron chi connectivity index (χ0n) is 17.8. The van der Waals surface area contributed by atoms with Gasteiger partial charge in [0.1, 0.15) is 0 Å². The Hall–Kier alpha value is -3.93. The molecule has 0 fully saturated rings. The van der Waals surface area contributed by atoms with Gasteiger partial charge in [-0.25, -0.2) is 4.98 Å². The van der Waals surface area contributed by atoms with Crippen LogP contribution in [0.5, 0.6) is 0 Å². The number of benzene rings is 2. The van der Waals surface area contributed by atoms with E-state index in [0.29, 0.717) is 18.1 Å². The van der Waals surface area contributed by atoms with Crippen molar-refractivity contribution in [1.29, 1.82) is 0 Å². The van der Waals surface area contributed by atoms with E-state index in [1.54, 1.807) is 35.2 Å². The molecule has 0 saturated carbocycles. The average Bonchev–Trinajstić information content (AvgIpc) is 3.12. The number of carbonyl (C=O) groups excluding carboxylic acids is 1. The number of aryl methyl sites for hydroxylation is 2. The van der Waals surface area contributed by atoms with Crippen molar-refractivity contribution in [2.24, 2.45) is 7.05 Å². The van der Waals surface area contributed by atoms with Gasteiger partial charge >= 0.3 is 0 Å². The van der Waals surface area contributed by atoms with Crippen molar-refractivity contribution < 1.29 is 4.79 Å². The van der Waals surface area contributed by atoms with Gasteiger partial charge in [-0.1, -0.05) is 30.3 Å². The lowest BCUT2D eigenvalue weighted by atomic mass is 10.0. The van der Waals surface area contributed by atoms with Crippen LogP contribution in [0.3, 0.4) is 0 Å². The number of hydrogen-bond donors (Lipinski definition) is 1. The van der Waals surface area contributed by atoms with Crippen LogP contribution in [-0.2, 0) is 13.6 Å². The summed E-state index contributed by atoms with van der Waals surface area (Å²) in [7, 11) is 1.88. The number of aromatic nitrogens is 3. The second kappa shape index (κ2) is 8.44. The number of amides is 1. The number of nitrogens with one attached hydrogen (secondary N) is 1. The summed E-state index contributed by atoms with van der Waals surface area (Å²) in [6.07, 6.45) is 3.50. The quantitative estimate of drug-likeness (QED) is 0.535. The molecular weight excluding hydrogens is 388 g/mol. The van der Waals surface area contributed by atoms with Gasteiger partial charge in [-0.05, 0) is 54.8 Å². The molecule has 0 aliphatic rings. The van der Waals surface area contributed by atoms with Crippen LogP contribution in [0.25, 0.3) is 11.3 Å². The number of anilines is 1. The van der Waals surface area contributed by atoms with Crippen molar-refractivity contribution in [1.82, 2.24) is 14.1 Å². The summed E-state index contributed by atoms with van der Waals surface area (Å²) in [4.78, 5) is 29.2. The second-order valence-corrected chi connectivity index (χ2v) is 7.65. The van der Waals surface area contributed by atoms with Crippen molar-refractivity contribution in [2.75, 3.05) is 5.32 Å². The minimum atomic E-state index is -0.248. The third-order valence-corrected chi connectivity index (χ3v) is 5.46. The molecule has 2 aromatic heterocycles. The molecule has 1 amide bonds. The summed E-state index contributed by atoms with van der Waals surface area (Å²) in [5.74, 6) is 0.227. The van der Waals surface area contributed by atoms with Gasteiger partial charge in [-0.15, -0.1) is 0 Å². The Bertz CT molecular complexity index is 1320. The first kappa shape index (κ1) is 20.3. The van der Waals surface area contributed by atoms with Crippen LogP contribution in [0, 0.1) is 13.8 Å². The second-order valence-electron chi connectivity index (χ2n) is 7.65. The Labute approximate surface area is 180 Å². The summed E-state index contributed by atoms with van der Waals surface area (Å²) in [6.45, 7) is 4.56. The summed E-state index contributed by atoms with van der Waals surface area (Å²) in [6, 6.07) is 18.6. The SMILES string of the molecule is Cc1ccc(-c2cnc(NC(=O)c3cccc(Cn4ccccc4=O)c3)n2C)cc1C. The molecule has 4 aromatic rings. The molecule has 0 radical (unpaired) electrons. The predicted molar refractivity (Wildman–Crippen MR) is 122 cm³/mol. The molecule has 0 aliphatic carbocycles. The molecular formula is C25H24N4O2. The van der Waals surface area contributed by atoms with E-state index < -0.39 is 0 Å². The molecule has 4 rings (SSSR count). The largest absolute Gasteiger partial charge is 0.313 e. The highest BCUT2D eigenvalue weighted by molar-refractivity contribution is 6.03. The van der Waals surface area contributed by atoms with Gasteiger partial charge in [-0.2, -0.15) is 0 Å². The van der Waals surface area contributed by atoms with Crippen LogP contribution in [-0.4, -0.2) is 20.0 Å². The number of carbonyl (C=O) groups is 1. The summed E-state index contributed by atoms with van der Waals surface area (Å²) >= 11 is 0. The fourth-order valence-corrected chi connectivity index (χ4v) is 3.47. The molecule has 0 spiro atoms. The lowest BCUT2D eigenvalue weighted by molar-refractivity contribution is 0.102. The molecule has 0 aliphatic heterocycles. The molecule has 31 heavy (non-hydrogen) atoms. The highest BCUT2D eigenvalue weighted by Crippen LogP contribution is 2.24. The maximum absolute atomic E-state index is 12.8. The van der Waals surface area contributed by atoms with Crippen LogP contribution < -0.4 is 10.9 Å². The zero-order valence-corrected chi connectivity index (χ0v) is 17.8. The average molecular weight is 412 g/mol. The molecule has 0 atom stereocenters. The van der Waals surface area contributed by atoms with Crippen LogP contribution in [0.15, 0.2) is 77.9 Å². The molecule has 6 heteroatoms. The molecule has 0 bridgehead atoms. The monoisotopic (exact) mass is 412 g/mol. The zero-order chi connectivity index (χ0) is 22.0. The minimum absolute atomic E-state index is 0.0794. The van der Waals surface area contributed by atoms with E-state index in [1.165, 1.54) is 17.2 Å². The topological polar surface area (TPSA) is 68.9 Å². The minimum Gasteiger partial charge on any atom is -0.313 e. The molecule has 1 N–H and O–H groups in total. The van der Waals surface area contributed by atoms with E-state index in [-0.39, 0.29) is 11.5 Å². The number of rotatable bonds is 5. The van der Waals surface area contributed by atoms with Gasteiger partial charge in [-0.3, -0.25) is 14.9 Å². The lowest BCUT2D eigenvalue weighted by Crippen LogP contribution is -2.19. The van der Waals surface area contributed by atoms with Gasteiger partial charge in [0, 0.05) is 30.4 Å². The van der Waals surface area contributed by atoms with Crippen molar-refractivity contribution in [3.05, 3.63) is 106 Å². The van der Waals surface area contributed by atoms with Gasteiger partial charge < -0.3 is 9.13 Å². The molecule has 2 aromatic carbocycles. The van der Waals surface area contributed by atoms with Crippen LogP contribution >= 0.6 is 0 Å². The standard InChI is InChI=1S/C25H24N4O2/c1-17-10-11-20(13-18(17)2)22-15-26-25(28(22)3)27-24(31)21-8-6-7-19(14-21)16-29-12-5-4-9-23(29)30/h4-15H,16H2,1-3H3,(H,26,27,31). The Kier molecular flexibility index (Phi) is 5.54. The number of nitrogens with zero attached hydrogens (tertiary/aromatic N) is 3. The molecule has 2 heterocycles. The van der Waals surface area contributed by atoms with E-state index in [4.69, 9.17) is 0 Å². The first-order valence-corrected chi connectivity index (χ1v) is 10.1. The fourth-order valence-electron chi connectivity index (χ4n) is 3.47. The highest BCUT2D eigenvalue weighted by atomic mass is 16.2. The Morgan fingerprint density at radius 3 is 2.61 bits per heavy atom. The van der Waals surface area contributed by atoms with Gasteiger partial charge in [0.25, 0.3) is 11.5 Å². The third-order valence-electron chi connectivity index (χ3n) is 5.46. The molecule has 0 saturated heterocycles. The summed E-state index contributed by atoms with van der Waals surface area (Å²) < 4.78 is 3.47. The molecule has 156 valence electrons. The summed E-state index contributed by atoms with van der Waals surface area (Å²) in [5.41, 5.74) is 5.72. The van der Waals surface area contributed by atoms with Crippen LogP contribution in [0.2, 0.25) is 0 Å². The number of pyridine rings is 1. The van der Waals surface area contributed by atoms with E-state index >= 15 is 0 Å². The highest BCUT2D eigenvalue weighted by Gasteiger charge is 2.14. The van der Waals surface area contributed by atoms with Gasteiger partial charge in [0.05, 0.1) is 18.4 Å². The third kappa shape index (κ3) is 4.33. The van der Waals surface area contributed by atoms with E-state index in [2.05, 4.69) is 42.3 Å². The maximum Gasteiger partial charge on any atom is 0.257 e. The fraction of sp³-hybridized carbons (Fsp3) is 0.160. The lowest BCUT2D eigenvalue weighted by Gasteiger charge is -2.10. The number of hydrogen-bond acceptors (Lipinski definition) is 3. The first-order valence-electron chi connectivity index (χ1n) is 10.1.